The summed E-state index contributed by atoms with van der Waals surface area (Å²) in [6, 6.07) is 5.04. The summed E-state index contributed by atoms with van der Waals surface area (Å²) in [6.45, 7) is 3.76. The van der Waals surface area contributed by atoms with E-state index in [4.69, 9.17) is 4.74 Å². The van der Waals surface area contributed by atoms with Crippen LogP contribution in [0.1, 0.15) is 12.8 Å². The monoisotopic (exact) mass is 335 g/mol. The van der Waals surface area contributed by atoms with E-state index in [2.05, 4.69) is 27.5 Å². The Labute approximate surface area is 109 Å². The van der Waals surface area contributed by atoms with Gasteiger partial charge in [-0.3, -0.25) is 4.90 Å². The van der Waals surface area contributed by atoms with Crippen molar-refractivity contribution in [2.45, 2.75) is 12.8 Å². The normalized spacial score (nSPS) is 16.6. The van der Waals surface area contributed by atoms with Gasteiger partial charge in [0.05, 0.1) is 0 Å². The largest absolute Gasteiger partial charge is 0.489 e. The molecule has 1 saturated heterocycles. The zero-order valence-corrected chi connectivity index (χ0v) is 11.2. The highest BCUT2D eigenvalue weighted by Gasteiger charge is 2.11. The molecule has 1 aromatic rings. The maximum Gasteiger partial charge on any atom is 0.166 e. The Hall–Kier alpha value is -0.360. The number of benzene rings is 1. The molecule has 0 amide bonds. The van der Waals surface area contributed by atoms with E-state index in [9.17, 15) is 4.39 Å². The number of halogens is 2. The molecule has 0 bridgehead atoms. The van der Waals surface area contributed by atoms with E-state index in [1.54, 1.807) is 6.07 Å². The van der Waals surface area contributed by atoms with E-state index in [0.717, 1.165) is 23.2 Å². The molecular weight excluding hydrogens is 320 g/mol. The zero-order chi connectivity index (χ0) is 11.4. The third-order valence-corrected chi connectivity index (χ3v) is 3.43. The van der Waals surface area contributed by atoms with Crippen molar-refractivity contribution in [1.82, 2.24) is 4.90 Å². The van der Waals surface area contributed by atoms with Gasteiger partial charge < -0.3 is 4.74 Å². The molecule has 0 spiro atoms. The molecule has 0 aliphatic carbocycles. The van der Waals surface area contributed by atoms with Crippen LogP contribution in [0.15, 0.2) is 18.2 Å². The Balaban J connectivity index is 1.80. The minimum Gasteiger partial charge on any atom is -0.489 e. The first kappa shape index (κ1) is 12.1. The van der Waals surface area contributed by atoms with Gasteiger partial charge in [0.1, 0.15) is 6.61 Å². The van der Waals surface area contributed by atoms with Crippen LogP contribution in [0.25, 0.3) is 0 Å². The fraction of sp³-hybridized carbons (Fsp3) is 0.500. The average molecular weight is 335 g/mol. The van der Waals surface area contributed by atoms with E-state index in [1.165, 1.54) is 18.9 Å². The van der Waals surface area contributed by atoms with Crippen molar-refractivity contribution >= 4 is 22.6 Å². The number of hydrogen-bond acceptors (Lipinski definition) is 2. The van der Waals surface area contributed by atoms with Gasteiger partial charge in [0.2, 0.25) is 0 Å². The number of likely N-dealkylation sites (tertiary alicyclic amines) is 1. The van der Waals surface area contributed by atoms with E-state index >= 15 is 0 Å². The maximum atomic E-state index is 13.4. The second-order valence-electron chi connectivity index (χ2n) is 3.97. The summed E-state index contributed by atoms with van der Waals surface area (Å²) in [5, 5.41) is 0. The van der Waals surface area contributed by atoms with Gasteiger partial charge >= 0.3 is 0 Å². The molecule has 0 radical (unpaired) electrons. The van der Waals surface area contributed by atoms with Crippen LogP contribution in [0.5, 0.6) is 5.75 Å². The average Bonchev–Trinajstić information content (AvgIpc) is 2.74. The third kappa shape index (κ3) is 3.31. The SMILES string of the molecule is Fc1cc(I)ccc1OCCN1CCCC1. The summed E-state index contributed by atoms with van der Waals surface area (Å²) in [5.74, 6) is 0.0907. The first-order valence-electron chi connectivity index (χ1n) is 5.56. The predicted molar refractivity (Wildman–Crippen MR) is 70.3 cm³/mol. The smallest absolute Gasteiger partial charge is 0.166 e. The van der Waals surface area contributed by atoms with Crippen molar-refractivity contribution in [1.29, 1.82) is 0 Å². The molecule has 0 saturated carbocycles. The molecule has 0 atom stereocenters. The minimum atomic E-state index is -0.270. The van der Waals surface area contributed by atoms with Crippen molar-refractivity contribution in [3.63, 3.8) is 0 Å². The molecule has 1 aromatic carbocycles. The number of hydrogen-bond donors (Lipinski definition) is 0. The second kappa shape index (κ2) is 5.82. The Kier molecular flexibility index (Phi) is 4.40. The first-order chi connectivity index (χ1) is 7.75. The highest BCUT2D eigenvalue weighted by atomic mass is 127. The topological polar surface area (TPSA) is 12.5 Å². The van der Waals surface area contributed by atoms with Crippen LogP contribution in [-0.4, -0.2) is 31.1 Å². The second-order valence-corrected chi connectivity index (χ2v) is 5.22. The Morgan fingerprint density at radius 3 is 2.75 bits per heavy atom. The van der Waals surface area contributed by atoms with Gasteiger partial charge in [-0.15, -0.1) is 0 Å². The standard InChI is InChI=1S/C12H15FINO/c13-11-9-10(14)3-4-12(11)16-8-7-15-5-1-2-6-15/h3-4,9H,1-2,5-8H2. The molecule has 1 aliphatic heterocycles. The summed E-state index contributed by atoms with van der Waals surface area (Å²) < 4.78 is 19.7. The van der Waals surface area contributed by atoms with Crippen LogP contribution in [0, 0.1) is 9.39 Å². The molecule has 1 fully saturated rings. The van der Waals surface area contributed by atoms with Crippen LogP contribution >= 0.6 is 22.6 Å². The highest BCUT2D eigenvalue weighted by molar-refractivity contribution is 14.1. The van der Waals surface area contributed by atoms with Crippen LogP contribution < -0.4 is 4.74 Å². The van der Waals surface area contributed by atoms with Crippen molar-refractivity contribution < 1.29 is 9.13 Å². The van der Waals surface area contributed by atoms with Gasteiger partial charge in [0.15, 0.2) is 11.6 Å². The molecule has 4 heteroatoms. The van der Waals surface area contributed by atoms with Crippen LogP contribution in [0.3, 0.4) is 0 Å². The number of rotatable bonds is 4. The lowest BCUT2D eigenvalue weighted by atomic mass is 10.3. The summed E-state index contributed by atoms with van der Waals surface area (Å²) in [7, 11) is 0. The van der Waals surface area contributed by atoms with Gasteiger partial charge in [-0.1, -0.05) is 0 Å². The highest BCUT2D eigenvalue weighted by Crippen LogP contribution is 2.19. The molecule has 1 aliphatic rings. The summed E-state index contributed by atoms with van der Waals surface area (Å²) >= 11 is 2.09. The molecule has 1 heterocycles. The lowest BCUT2D eigenvalue weighted by molar-refractivity contribution is 0.231. The fourth-order valence-electron chi connectivity index (χ4n) is 1.88. The third-order valence-electron chi connectivity index (χ3n) is 2.76. The predicted octanol–water partition coefficient (Wildman–Crippen LogP) is 2.90. The van der Waals surface area contributed by atoms with Gasteiger partial charge in [-0.05, 0) is 66.7 Å². The van der Waals surface area contributed by atoms with E-state index in [0.29, 0.717) is 12.4 Å². The van der Waals surface area contributed by atoms with Gasteiger partial charge in [0, 0.05) is 10.1 Å². The van der Waals surface area contributed by atoms with Crippen molar-refractivity contribution in [2.24, 2.45) is 0 Å². The number of nitrogens with zero attached hydrogens (tertiary/aromatic N) is 1. The molecule has 88 valence electrons. The van der Waals surface area contributed by atoms with Crippen molar-refractivity contribution in [3.05, 3.63) is 27.6 Å². The van der Waals surface area contributed by atoms with Crippen LogP contribution in [-0.2, 0) is 0 Å². The lowest BCUT2D eigenvalue weighted by Gasteiger charge is -2.15. The van der Waals surface area contributed by atoms with E-state index in [1.807, 2.05) is 6.07 Å². The van der Waals surface area contributed by atoms with Crippen LogP contribution in [0.4, 0.5) is 4.39 Å². The summed E-state index contributed by atoms with van der Waals surface area (Å²) in [5.41, 5.74) is 0. The quantitative estimate of drug-likeness (QED) is 0.785. The fourth-order valence-corrected chi connectivity index (χ4v) is 2.34. The Morgan fingerprint density at radius 1 is 1.31 bits per heavy atom. The Bertz CT molecular complexity index is 353. The maximum absolute atomic E-state index is 13.4. The summed E-state index contributed by atoms with van der Waals surface area (Å²) in [6.07, 6.45) is 2.55. The van der Waals surface area contributed by atoms with Crippen LogP contribution in [0.2, 0.25) is 0 Å². The summed E-state index contributed by atoms with van der Waals surface area (Å²) in [4.78, 5) is 2.35. The van der Waals surface area contributed by atoms with Gasteiger partial charge in [0.25, 0.3) is 0 Å². The van der Waals surface area contributed by atoms with Crippen molar-refractivity contribution in [2.75, 3.05) is 26.2 Å². The van der Waals surface area contributed by atoms with Gasteiger partial charge in [-0.25, -0.2) is 4.39 Å². The van der Waals surface area contributed by atoms with Crippen molar-refractivity contribution in [3.8, 4) is 5.75 Å². The molecule has 0 N–H and O–H groups in total. The molecule has 0 aromatic heterocycles. The molecule has 0 unspecified atom stereocenters. The van der Waals surface area contributed by atoms with Gasteiger partial charge in [-0.2, -0.15) is 0 Å². The van der Waals surface area contributed by atoms with E-state index < -0.39 is 0 Å². The van der Waals surface area contributed by atoms with E-state index in [-0.39, 0.29) is 5.82 Å². The number of ether oxygens (including phenoxy) is 1. The molecule has 2 rings (SSSR count). The molecule has 2 nitrogen and oxygen atoms in total. The lowest BCUT2D eigenvalue weighted by Crippen LogP contribution is -2.25. The molecular formula is C12H15FINO. The zero-order valence-electron chi connectivity index (χ0n) is 9.09. The minimum absolute atomic E-state index is 0.270. The molecule has 16 heavy (non-hydrogen) atoms. The first-order valence-corrected chi connectivity index (χ1v) is 6.64. The Morgan fingerprint density at radius 2 is 2.06 bits per heavy atom.